The molecular formula is C20H22N2O7S. The van der Waals surface area contributed by atoms with Crippen LogP contribution in [-0.4, -0.2) is 55.0 Å². The molecule has 1 aliphatic rings. The van der Waals surface area contributed by atoms with Gasteiger partial charge < -0.3 is 24.1 Å². The highest BCUT2D eigenvalue weighted by Gasteiger charge is 2.37. The summed E-state index contributed by atoms with van der Waals surface area (Å²) in [6, 6.07) is 2.35. The van der Waals surface area contributed by atoms with Crippen molar-refractivity contribution in [2.75, 3.05) is 25.6 Å². The molecule has 1 saturated heterocycles. The van der Waals surface area contributed by atoms with Gasteiger partial charge in [-0.25, -0.2) is 9.59 Å². The number of hydrogen-bond acceptors (Lipinski definition) is 8. The Morgan fingerprint density at radius 3 is 2.73 bits per heavy atom. The number of likely N-dealkylation sites (tertiary alicyclic amines) is 1. The largest absolute Gasteiger partial charge is 0.465 e. The van der Waals surface area contributed by atoms with Crippen LogP contribution in [0, 0.1) is 13.8 Å². The lowest BCUT2D eigenvalue weighted by molar-refractivity contribution is -0.151. The number of nitrogens with one attached hydrogen (secondary N) is 1. The van der Waals surface area contributed by atoms with E-state index in [4.69, 9.17) is 13.9 Å². The van der Waals surface area contributed by atoms with Crippen LogP contribution in [0.4, 0.5) is 5.00 Å². The Kier molecular flexibility index (Phi) is 6.56. The Balaban J connectivity index is 1.60. The highest BCUT2D eigenvalue weighted by atomic mass is 32.1. The summed E-state index contributed by atoms with van der Waals surface area (Å²) in [5.74, 6) is -2.05. The third-order valence-corrected chi connectivity index (χ3v) is 6.01. The van der Waals surface area contributed by atoms with Crippen molar-refractivity contribution in [1.82, 2.24) is 4.90 Å². The molecule has 1 aliphatic heterocycles. The molecule has 0 radical (unpaired) electrons. The molecule has 0 spiro atoms. The number of aryl methyl sites for hydroxylation is 1. The molecule has 9 nitrogen and oxygen atoms in total. The third kappa shape index (κ3) is 4.38. The summed E-state index contributed by atoms with van der Waals surface area (Å²) in [6.45, 7) is 3.46. The molecule has 3 heterocycles. The monoisotopic (exact) mass is 434 g/mol. The average Bonchev–Trinajstić information content (AvgIpc) is 3.47. The van der Waals surface area contributed by atoms with Crippen molar-refractivity contribution in [3.63, 3.8) is 0 Å². The summed E-state index contributed by atoms with van der Waals surface area (Å²) in [4.78, 5) is 51.5. The molecule has 3 rings (SSSR count). The zero-order chi connectivity index (χ0) is 21.8. The number of ether oxygens (including phenoxy) is 2. The summed E-state index contributed by atoms with van der Waals surface area (Å²) in [6.07, 6.45) is 2.48. The average molecular weight is 434 g/mol. The van der Waals surface area contributed by atoms with Crippen molar-refractivity contribution in [3.8, 4) is 0 Å². The molecule has 1 N–H and O–H groups in total. The molecule has 1 unspecified atom stereocenters. The van der Waals surface area contributed by atoms with E-state index in [1.165, 1.54) is 35.7 Å². The molecule has 0 bridgehead atoms. The molecule has 1 fully saturated rings. The van der Waals surface area contributed by atoms with Crippen molar-refractivity contribution < 1.29 is 33.1 Å². The topological polar surface area (TPSA) is 115 Å². The quantitative estimate of drug-likeness (QED) is 0.695. The van der Waals surface area contributed by atoms with Crippen LogP contribution in [0.3, 0.4) is 0 Å². The lowest BCUT2D eigenvalue weighted by Gasteiger charge is -2.22. The van der Waals surface area contributed by atoms with Crippen LogP contribution in [0.15, 0.2) is 22.8 Å². The molecular weight excluding hydrogens is 412 g/mol. The molecule has 2 amide bonds. The highest BCUT2D eigenvalue weighted by Crippen LogP contribution is 2.33. The van der Waals surface area contributed by atoms with Gasteiger partial charge in [-0.1, -0.05) is 0 Å². The Bertz CT molecular complexity index is 964. The van der Waals surface area contributed by atoms with E-state index in [1.54, 1.807) is 13.0 Å². The predicted molar refractivity (Wildman–Crippen MR) is 107 cm³/mol. The fraction of sp³-hybridized carbons (Fsp3) is 0.400. The molecule has 30 heavy (non-hydrogen) atoms. The van der Waals surface area contributed by atoms with Gasteiger partial charge in [-0.15, -0.1) is 11.3 Å². The van der Waals surface area contributed by atoms with Crippen molar-refractivity contribution in [3.05, 3.63) is 40.2 Å². The van der Waals surface area contributed by atoms with Gasteiger partial charge in [0.15, 0.2) is 12.4 Å². The summed E-state index contributed by atoms with van der Waals surface area (Å²) in [7, 11) is 1.26. The van der Waals surface area contributed by atoms with Crippen LogP contribution < -0.4 is 5.32 Å². The van der Waals surface area contributed by atoms with Gasteiger partial charge in [0, 0.05) is 11.4 Å². The van der Waals surface area contributed by atoms with Crippen molar-refractivity contribution in [2.24, 2.45) is 0 Å². The molecule has 1 atom stereocenters. The fourth-order valence-corrected chi connectivity index (χ4v) is 4.32. The van der Waals surface area contributed by atoms with Crippen molar-refractivity contribution in [1.29, 1.82) is 0 Å². The Hall–Kier alpha value is -3.14. The van der Waals surface area contributed by atoms with E-state index in [9.17, 15) is 19.2 Å². The SMILES string of the molecule is COC(=O)c1c(NC(=O)COC(=O)C2CCCN2C(=O)c2ccco2)sc(C)c1C. The standard InChI is InChI=1S/C20H22N2O7S/c1-11-12(2)30-17(16(11)20(26)27-3)21-15(23)10-29-19(25)13-6-4-8-22(13)18(24)14-7-5-9-28-14/h5,7,9,13H,4,6,8,10H2,1-3H3,(H,21,23). The van der Waals surface area contributed by atoms with Crippen LogP contribution in [-0.2, 0) is 19.1 Å². The highest BCUT2D eigenvalue weighted by molar-refractivity contribution is 7.16. The van der Waals surface area contributed by atoms with E-state index in [-0.39, 0.29) is 11.3 Å². The third-order valence-electron chi connectivity index (χ3n) is 4.89. The molecule has 0 saturated carbocycles. The summed E-state index contributed by atoms with van der Waals surface area (Å²) in [5, 5.41) is 2.94. The van der Waals surface area contributed by atoms with Crippen molar-refractivity contribution in [2.45, 2.75) is 32.7 Å². The van der Waals surface area contributed by atoms with Crippen LogP contribution in [0.2, 0.25) is 0 Å². The number of rotatable bonds is 6. The number of furan rings is 1. The number of esters is 2. The summed E-state index contributed by atoms with van der Waals surface area (Å²) < 4.78 is 15.0. The van der Waals surface area contributed by atoms with E-state index in [1.807, 2.05) is 6.92 Å². The molecule has 2 aromatic rings. The maximum Gasteiger partial charge on any atom is 0.341 e. The van der Waals surface area contributed by atoms with E-state index in [2.05, 4.69) is 5.32 Å². The smallest absolute Gasteiger partial charge is 0.341 e. The first-order valence-electron chi connectivity index (χ1n) is 9.32. The molecule has 2 aromatic heterocycles. The van der Waals surface area contributed by atoms with Gasteiger partial charge in [0.05, 0.1) is 18.9 Å². The van der Waals surface area contributed by atoms with E-state index < -0.39 is 36.4 Å². The Morgan fingerprint density at radius 2 is 2.07 bits per heavy atom. The first kappa shape index (κ1) is 21.6. The maximum atomic E-state index is 12.5. The molecule has 0 aromatic carbocycles. The number of hydrogen-bond donors (Lipinski definition) is 1. The minimum absolute atomic E-state index is 0.145. The lowest BCUT2D eigenvalue weighted by Crippen LogP contribution is -2.42. The zero-order valence-electron chi connectivity index (χ0n) is 16.9. The minimum atomic E-state index is -0.771. The van der Waals surface area contributed by atoms with Gasteiger partial charge in [0.1, 0.15) is 11.0 Å². The first-order chi connectivity index (χ1) is 14.3. The van der Waals surface area contributed by atoms with Gasteiger partial charge in [0.2, 0.25) is 0 Å². The Morgan fingerprint density at radius 1 is 1.30 bits per heavy atom. The second-order valence-electron chi connectivity index (χ2n) is 6.77. The summed E-state index contributed by atoms with van der Waals surface area (Å²) >= 11 is 1.24. The van der Waals surface area contributed by atoms with Gasteiger partial charge in [0.25, 0.3) is 11.8 Å². The van der Waals surface area contributed by atoms with Crippen LogP contribution >= 0.6 is 11.3 Å². The van der Waals surface area contributed by atoms with E-state index >= 15 is 0 Å². The summed E-state index contributed by atoms with van der Waals surface area (Å²) in [5.41, 5.74) is 1.00. The first-order valence-corrected chi connectivity index (χ1v) is 10.1. The second-order valence-corrected chi connectivity index (χ2v) is 7.99. The van der Waals surface area contributed by atoms with Crippen LogP contribution in [0.25, 0.3) is 0 Å². The van der Waals surface area contributed by atoms with Crippen molar-refractivity contribution >= 4 is 40.1 Å². The van der Waals surface area contributed by atoms with E-state index in [0.29, 0.717) is 24.4 Å². The maximum absolute atomic E-state index is 12.5. The van der Waals surface area contributed by atoms with E-state index in [0.717, 1.165) is 10.4 Å². The molecule has 160 valence electrons. The number of thiophene rings is 1. The lowest BCUT2D eigenvalue weighted by atomic mass is 10.1. The predicted octanol–water partition coefficient (Wildman–Crippen LogP) is 2.53. The van der Waals surface area contributed by atoms with Gasteiger partial charge in [-0.3, -0.25) is 9.59 Å². The van der Waals surface area contributed by atoms with Gasteiger partial charge in [-0.05, 0) is 44.4 Å². The number of carbonyl (C=O) groups excluding carboxylic acids is 4. The number of anilines is 1. The molecule has 10 heteroatoms. The number of carbonyl (C=O) groups is 4. The normalized spacial score (nSPS) is 15.7. The van der Waals surface area contributed by atoms with Gasteiger partial charge >= 0.3 is 11.9 Å². The minimum Gasteiger partial charge on any atom is -0.465 e. The fourth-order valence-electron chi connectivity index (χ4n) is 3.26. The van der Waals surface area contributed by atoms with Crippen LogP contribution in [0.1, 0.15) is 44.2 Å². The molecule has 0 aliphatic carbocycles. The number of amides is 2. The van der Waals surface area contributed by atoms with Crippen LogP contribution in [0.5, 0.6) is 0 Å². The zero-order valence-corrected chi connectivity index (χ0v) is 17.7. The van der Waals surface area contributed by atoms with Gasteiger partial charge in [-0.2, -0.15) is 0 Å². The second kappa shape index (κ2) is 9.12. The number of methoxy groups -OCH3 is 1. The number of nitrogens with zero attached hydrogens (tertiary/aromatic N) is 1. The Labute approximate surface area is 176 Å².